The molecule has 2 amide bonds. The molecule has 0 unspecified atom stereocenters. The maximum Gasteiger partial charge on any atom is 0.257 e. The van der Waals surface area contributed by atoms with E-state index in [0.717, 1.165) is 24.6 Å². The predicted octanol–water partition coefficient (Wildman–Crippen LogP) is 3.52. The minimum atomic E-state index is -1.00. The Bertz CT molecular complexity index is 897. The lowest BCUT2D eigenvalue weighted by Crippen LogP contribution is -2.47. The van der Waals surface area contributed by atoms with Gasteiger partial charge in [0.1, 0.15) is 23.2 Å². The molecule has 0 bridgehead atoms. The number of benzene rings is 2. The molecule has 2 aromatic rings. The number of carbonyl (C=O) groups excluding carboxylic acids is 2. The van der Waals surface area contributed by atoms with Crippen LogP contribution in [0.15, 0.2) is 36.4 Å². The smallest absolute Gasteiger partial charge is 0.257 e. The summed E-state index contributed by atoms with van der Waals surface area (Å²) in [7, 11) is 0. The van der Waals surface area contributed by atoms with E-state index >= 15 is 0 Å². The number of hydrogen-bond donors (Lipinski definition) is 2. The van der Waals surface area contributed by atoms with Crippen LogP contribution in [0.3, 0.4) is 0 Å². The molecule has 1 atom stereocenters. The Morgan fingerprint density at radius 1 is 1.00 bits per heavy atom. The molecule has 0 spiro atoms. The van der Waals surface area contributed by atoms with Gasteiger partial charge >= 0.3 is 0 Å². The highest BCUT2D eigenvalue weighted by Gasteiger charge is 2.27. The first-order valence-corrected chi connectivity index (χ1v) is 9.32. The fourth-order valence-corrected chi connectivity index (χ4v) is 2.92. The van der Waals surface area contributed by atoms with Gasteiger partial charge in [0, 0.05) is 18.2 Å². The van der Waals surface area contributed by atoms with Crippen molar-refractivity contribution in [1.29, 1.82) is 0 Å². The van der Waals surface area contributed by atoms with Gasteiger partial charge in [0.2, 0.25) is 5.91 Å². The molecule has 1 heterocycles. The summed E-state index contributed by atoms with van der Waals surface area (Å²) in [5.41, 5.74) is -0.266. The first-order valence-electron chi connectivity index (χ1n) is 9.32. The summed E-state index contributed by atoms with van der Waals surface area (Å²) < 4.78 is 38.9. The quantitative estimate of drug-likeness (QED) is 0.800. The minimum absolute atomic E-state index is 0.325. The Morgan fingerprint density at radius 3 is 2.31 bits per heavy atom. The van der Waals surface area contributed by atoms with Crippen molar-refractivity contribution in [3.8, 4) is 11.5 Å². The molecule has 29 heavy (non-hydrogen) atoms. The molecule has 2 aromatic carbocycles. The molecule has 0 aliphatic carbocycles. The van der Waals surface area contributed by atoms with Gasteiger partial charge in [0.15, 0.2) is 11.5 Å². The molecule has 8 heteroatoms. The Morgan fingerprint density at radius 2 is 1.66 bits per heavy atom. The van der Waals surface area contributed by atoms with Gasteiger partial charge in [-0.15, -0.1) is 0 Å². The van der Waals surface area contributed by atoms with E-state index in [4.69, 9.17) is 9.47 Å². The number of carbonyl (C=O) groups is 2. The van der Waals surface area contributed by atoms with Gasteiger partial charge in [-0.25, -0.2) is 8.78 Å². The highest BCUT2D eigenvalue weighted by atomic mass is 19.1. The zero-order valence-electron chi connectivity index (χ0n) is 16.1. The number of rotatable bonds is 5. The van der Waals surface area contributed by atoms with E-state index < -0.39 is 35.1 Å². The summed E-state index contributed by atoms with van der Waals surface area (Å²) in [5, 5.41) is 5.12. The van der Waals surface area contributed by atoms with Gasteiger partial charge < -0.3 is 20.1 Å². The number of amides is 2. The maximum atomic E-state index is 13.9. The molecule has 3 rings (SSSR count). The van der Waals surface area contributed by atoms with E-state index in [1.807, 2.05) is 0 Å². The number of hydrogen-bond acceptors (Lipinski definition) is 4. The lowest BCUT2D eigenvalue weighted by atomic mass is 10.0. The zero-order chi connectivity index (χ0) is 21.0. The third-order valence-electron chi connectivity index (χ3n) is 4.44. The third-order valence-corrected chi connectivity index (χ3v) is 4.44. The summed E-state index contributed by atoms with van der Waals surface area (Å²) in [6.45, 7) is 4.49. The fourth-order valence-electron chi connectivity index (χ4n) is 2.92. The van der Waals surface area contributed by atoms with Crippen LogP contribution in [0.1, 0.15) is 30.6 Å². The predicted molar refractivity (Wildman–Crippen MR) is 103 cm³/mol. The third kappa shape index (κ3) is 4.82. The number of nitrogens with one attached hydrogen (secondary N) is 2. The van der Waals surface area contributed by atoms with E-state index in [-0.39, 0.29) is 5.92 Å². The van der Waals surface area contributed by atoms with Gasteiger partial charge in [0.25, 0.3) is 5.91 Å². The van der Waals surface area contributed by atoms with Gasteiger partial charge in [0.05, 0.1) is 13.2 Å². The molecule has 154 valence electrons. The highest BCUT2D eigenvalue weighted by Crippen LogP contribution is 2.32. The summed E-state index contributed by atoms with van der Waals surface area (Å²) in [5.74, 6) is -2.72. The molecule has 2 N–H and O–H groups in total. The summed E-state index contributed by atoms with van der Waals surface area (Å²) >= 11 is 0. The summed E-state index contributed by atoms with van der Waals surface area (Å²) in [6.07, 6.45) is 0.754. The standard InChI is InChI=1S/C21H22F2N2O4/c1-12(2)19(25-20(26)18-14(22)5-3-6-15(18)23)21(27)24-13-7-8-16-17(11-13)29-10-4-9-28-16/h3,5-8,11-12,19H,4,9-10H2,1-2H3,(H,24,27)(H,25,26)/t19-/m1/s1. The molecule has 1 aliphatic rings. The average Bonchev–Trinajstić information content (AvgIpc) is 2.90. The second-order valence-electron chi connectivity index (χ2n) is 6.99. The van der Waals surface area contributed by atoms with E-state index in [1.165, 1.54) is 0 Å². The average molecular weight is 404 g/mol. The van der Waals surface area contributed by atoms with E-state index in [9.17, 15) is 18.4 Å². The van der Waals surface area contributed by atoms with Gasteiger partial charge in [-0.3, -0.25) is 9.59 Å². The van der Waals surface area contributed by atoms with Crippen molar-refractivity contribution in [2.24, 2.45) is 5.92 Å². The van der Waals surface area contributed by atoms with Crippen LogP contribution in [0, 0.1) is 17.6 Å². The second kappa shape index (κ2) is 8.89. The fraction of sp³-hybridized carbons (Fsp3) is 0.333. The molecular formula is C21H22F2N2O4. The highest BCUT2D eigenvalue weighted by molar-refractivity contribution is 6.01. The summed E-state index contributed by atoms with van der Waals surface area (Å²) in [4.78, 5) is 25.1. The Labute approximate surface area is 167 Å². The van der Waals surface area contributed by atoms with Gasteiger partial charge in [-0.2, -0.15) is 0 Å². The van der Waals surface area contributed by atoms with Crippen LogP contribution in [0.2, 0.25) is 0 Å². The maximum absolute atomic E-state index is 13.9. The molecule has 0 fully saturated rings. The zero-order valence-corrected chi connectivity index (χ0v) is 16.1. The minimum Gasteiger partial charge on any atom is -0.490 e. The summed E-state index contributed by atoms with van der Waals surface area (Å²) in [6, 6.07) is 7.11. The van der Waals surface area contributed by atoms with Crippen LogP contribution in [0.4, 0.5) is 14.5 Å². The van der Waals surface area contributed by atoms with Crippen molar-refractivity contribution in [3.05, 3.63) is 53.6 Å². The molecule has 1 aliphatic heterocycles. The van der Waals surface area contributed by atoms with Crippen molar-refractivity contribution >= 4 is 17.5 Å². The van der Waals surface area contributed by atoms with Crippen LogP contribution in [-0.4, -0.2) is 31.1 Å². The Balaban J connectivity index is 1.75. The SMILES string of the molecule is CC(C)[C@@H](NC(=O)c1c(F)cccc1F)C(=O)Nc1ccc2c(c1)OCCCO2. The largest absolute Gasteiger partial charge is 0.490 e. The first kappa shape index (κ1) is 20.6. The van der Waals surface area contributed by atoms with Gasteiger partial charge in [-0.1, -0.05) is 19.9 Å². The number of fused-ring (bicyclic) bond motifs is 1. The molecule has 0 saturated carbocycles. The van der Waals surface area contributed by atoms with Crippen LogP contribution in [-0.2, 0) is 4.79 Å². The van der Waals surface area contributed by atoms with Crippen molar-refractivity contribution in [2.45, 2.75) is 26.3 Å². The first-order chi connectivity index (χ1) is 13.9. The van der Waals surface area contributed by atoms with Crippen molar-refractivity contribution in [3.63, 3.8) is 0 Å². The molecular weight excluding hydrogens is 382 g/mol. The number of ether oxygens (including phenoxy) is 2. The lowest BCUT2D eigenvalue weighted by Gasteiger charge is -2.22. The van der Waals surface area contributed by atoms with Crippen molar-refractivity contribution in [1.82, 2.24) is 5.32 Å². The van der Waals surface area contributed by atoms with E-state index in [1.54, 1.807) is 32.0 Å². The Hall–Kier alpha value is -3.16. The van der Waals surface area contributed by atoms with Crippen LogP contribution < -0.4 is 20.1 Å². The van der Waals surface area contributed by atoms with Crippen LogP contribution >= 0.6 is 0 Å². The molecule has 0 aromatic heterocycles. The van der Waals surface area contributed by atoms with Crippen LogP contribution in [0.25, 0.3) is 0 Å². The number of halogens is 2. The normalized spacial score (nSPS) is 14.1. The van der Waals surface area contributed by atoms with Crippen molar-refractivity contribution in [2.75, 3.05) is 18.5 Å². The van der Waals surface area contributed by atoms with Gasteiger partial charge in [-0.05, 0) is 30.2 Å². The number of anilines is 1. The van der Waals surface area contributed by atoms with E-state index in [0.29, 0.717) is 30.4 Å². The van der Waals surface area contributed by atoms with Crippen LogP contribution in [0.5, 0.6) is 11.5 Å². The Kier molecular flexibility index (Phi) is 6.31. The monoisotopic (exact) mass is 404 g/mol. The lowest BCUT2D eigenvalue weighted by molar-refractivity contribution is -0.118. The second-order valence-corrected chi connectivity index (χ2v) is 6.99. The van der Waals surface area contributed by atoms with Crippen molar-refractivity contribution < 1.29 is 27.8 Å². The van der Waals surface area contributed by atoms with E-state index in [2.05, 4.69) is 10.6 Å². The molecule has 0 saturated heterocycles. The topological polar surface area (TPSA) is 76.7 Å². The molecule has 6 nitrogen and oxygen atoms in total. The molecule has 0 radical (unpaired) electrons.